The van der Waals surface area contributed by atoms with Gasteiger partial charge in [-0.25, -0.2) is 4.98 Å². The van der Waals surface area contributed by atoms with E-state index in [1.807, 2.05) is 17.9 Å². The van der Waals surface area contributed by atoms with Gasteiger partial charge in [-0.1, -0.05) is 0 Å². The summed E-state index contributed by atoms with van der Waals surface area (Å²) in [5.41, 5.74) is 1.88. The number of thiazole rings is 2. The van der Waals surface area contributed by atoms with Gasteiger partial charge in [-0.15, -0.1) is 22.7 Å². The Morgan fingerprint density at radius 1 is 1.44 bits per heavy atom. The predicted molar refractivity (Wildman–Crippen MR) is 66.5 cm³/mol. The Kier molecular flexibility index (Phi) is 2.99. The molecular formula is C11H13N3S2. The average Bonchev–Trinajstić information content (AvgIpc) is 2.83. The molecular weight excluding hydrogens is 238 g/mol. The van der Waals surface area contributed by atoms with Crippen LogP contribution in [0.1, 0.15) is 28.8 Å². The molecule has 1 atom stereocenters. The minimum Gasteiger partial charge on any atom is -0.303 e. The van der Waals surface area contributed by atoms with E-state index in [9.17, 15) is 0 Å². The molecule has 1 aliphatic rings. The summed E-state index contributed by atoms with van der Waals surface area (Å²) in [6.07, 6.45) is 6.49. The number of rotatable bonds is 5. The van der Waals surface area contributed by atoms with Crippen LogP contribution in [0.3, 0.4) is 0 Å². The van der Waals surface area contributed by atoms with E-state index in [1.54, 1.807) is 22.7 Å². The second-order valence-corrected chi connectivity index (χ2v) is 5.93. The highest BCUT2D eigenvalue weighted by molar-refractivity contribution is 7.09. The fraction of sp³-hybridized carbons (Fsp3) is 0.455. The van der Waals surface area contributed by atoms with Crippen LogP contribution in [0, 0.1) is 5.92 Å². The first-order chi connectivity index (χ1) is 7.93. The summed E-state index contributed by atoms with van der Waals surface area (Å²) in [6.45, 7) is 0.908. The molecule has 2 aromatic heterocycles. The van der Waals surface area contributed by atoms with E-state index in [-0.39, 0.29) is 0 Å². The molecule has 0 aliphatic heterocycles. The molecule has 1 N–H and O–H groups in total. The molecule has 5 heteroatoms. The van der Waals surface area contributed by atoms with Crippen LogP contribution in [0.5, 0.6) is 0 Å². The van der Waals surface area contributed by atoms with Crippen LogP contribution in [0.15, 0.2) is 23.3 Å². The van der Waals surface area contributed by atoms with Crippen LogP contribution >= 0.6 is 22.7 Å². The first-order valence-corrected chi connectivity index (χ1v) is 7.19. The number of hydrogen-bond donors (Lipinski definition) is 1. The molecule has 1 saturated carbocycles. The molecule has 1 fully saturated rings. The van der Waals surface area contributed by atoms with Crippen molar-refractivity contribution >= 4 is 22.7 Å². The summed E-state index contributed by atoms with van der Waals surface area (Å²) in [4.78, 5) is 9.80. The Bertz CT molecular complexity index is 420. The summed E-state index contributed by atoms with van der Waals surface area (Å²) >= 11 is 3.45. The highest BCUT2D eigenvalue weighted by Gasteiger charge is 2.33. The zero-order valence-electron chi connectivity index (χ0n) is 8.80. The molecule has 0 radical (unpaired) electrons. The van der Waals surface area contributed by atoms with Crippen LogP contribution in [-0.4, -0.2) is 9.97 Å². The Hall–Kier alpha value is -0.780. The average molecular weight is 251 g/mol. The van der Waals surface area contributed by atoms with Gasteiger partial charge < -0.3 is 5.32 Å². The fourth-order valence-electron chi connectivity index (χ4n) is 1.81. The largest absolute Gasteiger partial charge is 0.303 e. The van der Waals surface area contributed by atoms with Gasteiger partial charge in [0, 0.05) is 29.2 Å². The molecule has 2 aromatic rings. The zero-order chi connectivity index (χ0) is 10.8. The van der Waals surface area contributed by atoms with Crippen molar-refractivity contribution in [3.8, 4) is 0 Å². The van der Waals surface area contributed by atoms with Crippen molar-refractivity contribution in [1.82, 2.24) is 15.3 Å². The SMILES string of the molecule is c1csc(C(NCc2cncs2)C2CC2)n1. The standard InChI is InChI=1S/C11H13N3S2/c1-2-8(1)10(11-13-3-4-15-11)14-6-9-5-12-7-16-9/h3-5,7-8,10,14H,1-2,6H2. The van der Waals surface area contributed by atoms with E-state index >= 15 is 0 Å². The maximum atomic E-state index is 4.42. The second-order valence-electron chi connectivity index (χ2n) is 4.03. The van der Waals surface area contributed by atoms with E-state index in [4.69, 9.17) is 0 Å². The maximum absolute atomic E-state index is 4.42. The number of nitrogens with one attached hydrogen (secondary N) is 1. The summed E-state index contributed by atoms with van der Waals surface area (Å²) < 4.78 is 0. The summed E-state index contributed by atoms with van der Waals surface area (Å²) in [7, 11) is 0. The topological polar surface area (TPSA) is 37.8 Å². The second kappa shape index (κ2) is 4.61. The van der Waals surface area contributed by atoms with Gasteiger partial charge in [-0.05, 0) is 18.8 Å². The van der Waals surface area contributed by atoms with Gasteiger partial charge in [0.25, 0.3) is 0 Å². The quantitative estimate of drug-likeness (QED) is 0.888. The van der Waals surface area contributed by atoms with Crippen molar-refractivity contribution in [3.63, 3.8) is 0 Å². The number of nitrogens with zero attached hydrogens (tertiary/aromatic N) is 2. The van der Waals surface area contributed by atoms with E-state index in [1.165, 1.54) is 22.7 Å². The third-order valence-electron chi connectivity index (χ3n) is 2.79. The maximum Gasteiger partial charge on any atom is 0.110 e. The minimum absolute atomic E-state index is 0.446. The number of aromatic nitrogens is 2. The molecule has 0 saturated heterocycles. The summed E-state index contributed by atoms with van der Waals surface area (Å²) in [5, 5.41) is 6.89. The summed E-state index contributed by atoms with van der Waals surface area (Å²) in [5.74, 6) is 0.791. The Balaban J connectivity index is 1.66. The minimum atomic E-state index is 0.446. The van der Waals surface area contributed by atoms with Crippen LogP contribution in [0.2, 0.25) is 0 Å². The van der Waals surface area contributed by atoms with Gasteiger partial charge in [0.2, 0.25) is 0 Å². The van der Waals surface area contributed by atoms with Gasteiger partial charge >= 0.3 is 0 Å². The third kappa shape index (κ3) is 2.31. The van der Waals surface area contributed by atoms with Crippen molar-refractivity contribution in [2.45, 2.75) is 25.4 Å². The van der Waals surface area contributed by atoms with Crippen LogP contribution < -0.4 is 5.32 Å². The molecule has 0 bridgehead atoms. The van der Waals surface area contributed by atoms with Gasteiger partial charge in [0.05, 0.1) is 11.6 Å². The fourth-order valence-corrected chi connectivity index (χ4v) is 3.16. The van der Waals surface area contributed by atoms with Gasteiger partial charge in [-0.2, -0.15) is 0 Å². The Labute approximate surface area is 103 Å². The Morgan fingerprint density at radius 2 is 2.38 bits per heavy atom. The van der Waals surface area contributed by atoms with E-state index < -0.39 is 0 Å². The molecule has 1 aliphatic carbocycles. The third-order valence-corrected chi connectivity index (χ3v) is 4.43. The first kappa shape index (κ1) is 10.4. The molecule has 84 valence electrons. The lowest BCUT2D eigenvalue weighted by Crippen LogP contribution is -2.22. The summed E-state index contributed by atoms with van der Waals surface area (Å²) in [6, 6.07) is 0.446. The van der Waals surface area contributed by atoms with Crippen LogP contribution in [-0.2, 0) is 6.54 Å². The van der Waals surface area contributed by atoms with Gasteiger partial charge in [-0.3, -0.25) is 4.98 Å². The highest BCUT2D eigenvalue weighted by Crippen LogP contribution is 2.41. The predicted octanol–water partition coefficient (Wildman–Crippen LogP) is 2.84. The van der Waals surface area contributed by atoms with E-state index in [0.29, 0.717) is 6.04 Å². The lowest BCUT2D eigenvalue weighted by Gasteiger charge is -2.14. The van der Waals surface area contributed by atoms with E-state index in [2.05, 4.69) is 20.7 Å². The molecule has 3 rings (SSSR count). The van der Waals surface area contributed by atoms with Crippen molar-refractivity contribution in [3.05, 3.63) is 33.2 Å². The van der Waals surface area contributed by atoms with Crippen molar-refractivity contribution < 1.29 is 0 Å². The molecule has 16 heavy (non-hydrogen) atoms. The number of hydrogen-bond acceptors (Lipinski definition) is 5. The van der Waals surface area contributed by atoms with Crippen LogP contribution in [0.25, 0.3) is 0 Å². The monoisotopic (exact) mass is 251 g/mol. The van der Waals surface area contributed by atoms with E-state index in [0.717, 1.165) is 12.5 Å². The highest BCUT2D eigenvalue weighted by atomic mass is 32.1. The smallest absolute Gasteiger partial charge is 0.110 e. The first-order valence-electron chi connectivity index (χ1n) is 5.43. The Morgan fingerprint density at radius 3 is 3.00 bits per heavy atom. The molecule has 0 aromatic carbocycles. The lowest BCUT2D eigenvalue weighted by atomic mass is 10.2. The van der Waals surface area contributed by atoms with Crippen molar-refractivity contribution in [2.24, 2.45) is 5.92 Å². The molecule has 0 spiro atoms. The zero-order valence-corrected chi connectivity index (χ0v) is 10.4. The van der Waals surface area contributed by atoms with Crippen molar-refractivity contribution in [2.75, 3.05) is 0 Å². The molecule has 2 heterocycles. The molecule has 0 amide bonds. The lowest BCUT2D eigenvalue weighted by molar-refractivity contribution is 0.480. The van der Waals surface area contributed by atoms with Crippen LogP contribution in [0.4, 0.5) is 0 Å². The molecule has 1 unspecified atom stereocenters. The van der Waals surface area contributed by atoms with Crippen molar-refractivity contribution in [1.29, 1.82) is 0 Å². The van der Waals surface area contributed by atoms with Gasteiger partial charge in [0.1, 0.15) is 5.01 Å². The molecule has 3 nitrogen and oxygen atoms in total. The van der Waals surface area contributed by atoms with Gasteiger partial charge in [0.15, 0.2) is 0 Å². The normalized spacial score (nSPS) is 17.5.